The monoisotopic (exact) mass is 518 g/mol. The van der Waals surface area contributed by atoms with Crippen molar-refractivity contribution in [3.05, 3.63) is 81.6 Å². The molecule has 38 heavy (non-hydrogen) atoms. The Kier molecular flexibility index (Phi) is 8.22. The lowest BCUT2D eigenvalue weighted by Crippen LogP contribution is -2.46. The molecule has 0 spiro atoms. The summed E-state index contributed by atoms with van der Waals surface area (Å²) >= 11 is 0. The van der Waals surface area contributed by atoms with Gasteiger partial charge in [-0.15, -0.1) is 0 Å². The maximum atomic E-state index is 12.9. The van der Waals surface area contributed by atoms with Gasteiger partial charge in [0.25, 0.3) is 5.69 Å². The fourth-order valence-electron chi connectivity index (χ4n) is 4.38. The third-order valence-electron chi connectivity index (χ3n) is 6.48. The van der Waals surface area contributed by atoms with Gasteiger partial charge in [0.1, 0.15) is 11.5 Å². The first-order valence-corrected chi connectivity index (χ1v) is 12.3. The van der Waals surface area contributed by atoms with Gasteiger partial charge in [0.2, 0.25) is 5.91 Å². The van der Waals surface area contributed by atoms with Crippen LogP contribution in [-0.4, -0.2) is 61.5 Å². The Morgan fingerprint density at radius 3 is 2.55 bits per heavy atom. The number of methoxy groups -OCH3 is 1. The number of nitrogens with zero attached hydrogens (tertiary/aromatic N) is 3. The van der Waals surface area contributed by atoms with Gasteiger partial charge < -0.3 is 24.3 Å². The number of furan rings is 1. The third-order valence-corrected chi connectivity index (χ3v) is 6.48. The van der Waals surface area contributed by atoms with E-state index < -0.39 is 16.8 Å². The number of benzene rings is 2. The minimum absolute atomic E-state index is 0.0505. The predicted octanol–water partition coefficient (Wildman–Crippen LogP) is 4.74. The quantitative estimate of drug-likeness (QED) is 0.197. The number of ether oxygens (including phenoxy) is 1. The molecule has 198 valence electrons. The van der Waals surface area contributed by atoms with Crippen molar-refractivity contribution in [2.24, 2.45) is 0 Å². The Labute approximate surface area is 220 Å². The van der Waals surface area contributed by atoms with Gasteiger partial charge in [0, 0.05) is 38.3 Å². The summed E-state index contributed by atoms with van der Waals surface area (Å²) in [6.07, 6.45) is 2.80. The average Bonchev–Trinajstić information content (AvgIpc) is 3.40. The van der Waals surface area contributed by atoms with Gasteiger partial charge in [0.15, 0.2) is 0 Å². The van der Waals surface area contributed by atoms with Gasteiger partial charge in [-0.3, -0.25) is 14.9 Å². The molecule has 1 aliphatic heterocycles. The van der Waals surface area contributed by atoms with Gasteiger partial charge in [-0.25, -0.2) is 4.79 Å². The van der Waals surface area contributed by atoms with E-state index in [1.807, 2.05) is 6.07 Å². The first-order chi connectivity index (χ1) is 18.3. The second kappa shape index (κ2) is 11.7. The smallest absolute Gasteiger partial charge is 0.337 e. The van der Waals surface area contributed by atoms with E-state index in [0.29, 0.717) is 28.3 Å². The van der Waals surface area contributed by atoms with Crippen molar-refractivity contribution in [3.8, 4) is 11.3 Å². The first-order valence-electron chi connectivity index (χ1n) is 12.3. The van der Waals surface area contributed by atoms with Crippen LogP contribution >= 0.6 is 0 Å². The van der Waals surface area contributed by atoms with Crippen molar-refractivity contribution < 1.29 is 23.7 Å². The molecule has 1 amide bonds. The molecule has 3 aromatic rings. The van der Waals surface area contributed by atoms with E-state index in [2.05, 4.69) is 22.0 Å². The molecule has 2 heterocycles. The summed E-state index contributed by atoms with van der Waals surface area (Å²) in [5.41, 5.74) is 2.73. The number of rotatable bonds is 8. The van der Waals surface area contributed by atoms with Gasteiger partial charge >= 0.3 is 5.97 Å². The zero-order chi connectivity index (χ0) is 27.2. The molecule has 0 bridgehead atoms. The molecule has 0 saturated carbocycles. The number of nitrogens with one attached hydrogen (secondary N) is 1. The summed E-state index contributed by atoms with van der Waals surface area (Å²) < 4.78 is 10.6. The zero-order valence-electron chi connectivity index (χ0n) is 21.6. The number of amides is 1. The molecule has 1 saturated heterocycles. The van der Waals surface area contributed by atoms with Crippen LogP contribution in [-0.2, 0) is 9.53 Å². The second-order valence-electron chi connectivity index (χ2n) is 8.95. The number of nitro groups is 1. The van der Waals surface area contributed by atoms with E-state index in [4.69, 9.17) is 9.15 Å². The Bertz CT molecular complexity index is 1370. The number of esters is 1. The Balaban J connectivity index is 1.53. The van der Waals surface area contributed by atoms with Crippen LogP contribution in [0.25, 0.3) is 17.4 Å². The first kappa shape index (κ1) is 26.6. The number of carbonyl (C=O) groups is 2. The zero-order valence-corrected chi connectivity index (χ0v) is 21.6. The minimum atomic E-state index is -0.494. The molecule has 10 nitrogen and oxygen atoms in total. The number of anilines is 2. The molecule has 0 atom stereocenters. The summed E-state index contributed by atoms with van der Waals surface area (Å²) in [4.78, 5) is 40.5. The van der Waals surface area contributed by atoms with Crippen LogP contribution in [0.1, 0.15) is 28.6 Å². The third kappa shape index (κ3) is 6.09. The van der Waals surface area contributed by atoms with Crippen LogP contribution in [0.5, 0.6) is 0 Å². The summed E-state index contributed by atoms with van der Waals surface area (Å²) in [5.74, 6) is -0.216. The lowest BCUT2D eigenvalue weighted by atomic mass is 10.1. The van der Waals surface area contributed by atoms with Gasteiger partial charge in [-0.2, -0.15) is 0 Å². The Morgan fingerprint density at radius 2 is 1.87 bits per heavy atom. The molecule has 1 fully saturated rings. The van der Waals surface area contributed by atoms with Crippen molar-refractivity contribution in [1.29, 1.82) is 0 Å². The van der Waals surface area contributed by atoms with E-state index in [-0.39, 0.29) is 5.69 Å². The average molecular weight is 519 g/mol. The highest BCUT2D eigenvalue weighted by Crippen LogP contribution is 2.32. The molecule has 0 unspecified atom stereocenters. The maximum absolute atomic E-state index is 12.9. The normalized spacial score (nSPS) is 14.0. The summed E-state index contributed by atoms with van der Waals surface area (Å²) in [5, 5.41) is 14.3. The van der Waals surface area contributed by atoms with Crippen molar-refractivity contribution >= 4 is 35.0 Å². The fraction of sp³-hybridized carbons (Fsp3) is 0.286. The number of piperazine rings is 1. The van der Waals surface area contributed by atoms with E-state index in [1.165, 1.54) is 25.3 Å². The lowest BCUT2D eigenvalue weighted by molar-refractivity contribution is -0.384. The van der Waals surface area contributed by atoms with Crippen molar-refractivity contribution in [3.63, 3.8) is 0 Å². The van der Waals surface area contributed by atoms with Crippen molar-refractivity contribution in [1.82, 2.24) is 4.90 Å². The molecule has 0 aliphatic carbocycles. The van der Waals surface area contributed by atoms with Crippen LogP contribution in [0.2, 0.25) is 0 Å². The molecule has 1 aliphatic rings. The number of likely N-dealkylation sites (N-methyl/N-ethyl adjacent to an activating group) is 1. The highest BCUT2D eigenvalue weighted by Gasteiger charge is 2.21. The predicted molar refractivity (Wildman–Crippen MR) is 145 cm³/mol. The van der Waals surface area contributed by atoms with Crippen LogP contribution in [0.3, 0.4) is 0 Å². The number of hydrogen-bond donors (Lipinski definition) is 1. The largest absolute Gasteiger partial charge is 0.465 e. The minimum Gasteiger partial charge on any atom is -0.465 e. The molecule has 2 aromatic carbocycles. The summed E-state index contributed by atoms with van der Waals surface area (Å²) in [6.45, 7) is 8.29. The SMILES string of the molecule is CCN1CCN(c2ccc(C(=O)OC)cc2NC(=O)/C=C\c2ccc(-c3ccc(C)cc3[N+](=O)[O-])o2)CC1. The summed E-state index contributed by atoms with van der Waals surface area (Å²) in [6, 6.07) is 13.3. The molecule has 0 radical (unpaired) electrons. The molecule has 10 heteroatoms. The van der Waals surface area contributed by atoms with Gasteiger partial charge in [-0.1, -0.05) is 13.0 Å². The van der Waals surface area contributed by atoms with Crippen LogP contribution in [0.15, 0.2) is 59.0 Å². The molecule has 1 N–H and O–H groups in total. The van der Waals surface area contributed by atoms with Crippen LogP contribution < -0.4 is 10.2 Å². The number of carbonyl (C=O) groups excluding carboxylic acids is 2. The highest BCUT2D eigenvalue weighted by molar-refractivity contribution is 6.05. The fourth-order valence-corrected chi connectivity index (χ4v) is 4.38. The van der Waals surface area contributed by atoms with Crippen molar-refractivity contribution in [2.75, 3.05) is 50.1 Å². The van der Waals surface area contributed by atoms with Gasteiger partial charge in [-0.05, 0) is 61.5 Å². The van der Waals surface area contributed by atoms with Crippen LogP contribution in [0, 0.1) is 17.0 Å². The Morgan fingerprint density at radius 1 is 1.11 bits per heavy atom. The lowest BCUT2D eigenvalue weighted by Gasteiger charge is -2.36. The Hall–Kier alpha value is -4.44. The molecule has 1 aromatic heterocycles. The topological polar surface area (TPSA) is 118 Å². The molecular weight excluding hydrogens is 488 g/mol. The molecular formula is C28H30N4O6. The number of hydrogen-bond acceptors (Lipinski definition) is 8. The van der Waals surface area contributed by atoms with E-state index in [9.17, 15) is 19.7 Å². The maximum Gasteiger partial charge on any atom is 0.337 e. The van der Waals surface area contributed by atoms with E-state index in [0.717, 1.165) is 44.0 Å². The number of aryl methyl sites for hydroxylation is 1. The second-order valence-corrected chi connectivity index (χ2v) is 8.95. The standard InChI is InChI=1S/C28H30N4O6/c1-4-30-13-15-31(16-14-30)24-10-6-20(28(34)37-3)18-23(24)29-27(33)12-8-21-7-11-26(38-21)22-9-5-19(2)17-25(22)32(35)36/h5-12,17-18H,4,13-16H2,1-3H3,(H,29,33)/b12-8-. The van der Waals surface area contributed by atoms with Crippen LogP contribution in [0.4, 0.5) is 17.1 Å². The van der Waals surface area contributed by atoms with E-state index >= 15 is 0 Å². The van der Waals surface area contributed by atoms with Gasteiger partial charge in [0.05, 0.1) is 34.5 Å². The summed E-state index contributed by atoms with van der Waals surface area (Å²) in [7, 11) is 1.31. The van der Waals surface area contributed by atoms with E-state index in [1.54, 1.807) is 43.3 Å². The number of nitro benzene ring substituents is 1. The highest BCUT2D eigenvalue weighted by atomic mass is 16.6. The van der Waals surface area contributed by atoms with Crippen molar-refractivity contribution in [2.45, 2.75) is 13.8 Å². The molecule has 4 rings (SSSR count).